The molecule has 0 radical (unpaired) electrons. The third-order valence-electron chi connectivity index (χ3n) is 4.66. The van der Waals surface area contributed by atoms with Crippen LogP contribution in [-0.4, -0.2) is 33.3 Å². The van der Waals surface area contributed by atoms with Crippen molar-refractivity contribution in [2.45, 2.75) is 31.8 Å². The highest BCUT2D eigenvalue weighted by molar-refractivity contribution is 6.06. The molecule has 0 unspecified atom stereocenters. The van der Waals surface area contributed by atoms with Crippen molar-refractivity contribution in [3.05, 3.63) is 42.0 Å². The Morgan fingerprint density at radius 1 is 0.926 bits per heavy atom. The van der Waals surface area contributed by atoms with E-state index in [1.807, 2.05) is 0 Å². The minimum Gasteiger partial charge on any atom is -0.493 e. The molecule has 0 heterocycles. The number of para-hydroxylation sites is 1. The Morgan fingerprint density at radius 3 is 2.33 bits per heavy atom. The first-order chi connectivity index (χ1) is 13.2. The van der Waals surface area contributed by atoms with E-state index in [-0.39, 0.29) is 12.0 Å². The van der Waals surface area contributed by atoms with E-state index in [4.69, 9.17) is 18.9 Å². The maximum absolute atomic E-state index is 12.8. The smallest absolute Gasteiger partial charge is 0.259 e. The van der Waals surface area contributed by atoms with Gasteiger partial charge < -0.3 is 24.3 Å². The summed E-state index contributed by atoms with van der Waals surface area (Å²) < 4.78 is 22.1. The molecule has 2 aromatic carbocycles. The first-order valence-corrected chi connectivity index (χ1v) is 9.03. The van der Waals surface area contributed by atoms with E-state index in [0.717, 1.165) is 12.8 Å². The molecule has 6 heteroatoms. The number of ether oxygens (including phenoxy) is 4. The van der Waals surface area contributed by atoms with E-state index in [1.165, 1.54) is 27.1 Å². The molecule has 1 N–H and O–H groups in total. The Morgan fingerprint density at radius 2 is 1.67 bits per heavy atom. The fraction of sp³-hybridized carbons (Fsp3) is 0.381. The summed E-state index contributed by atoms with van der Waals surface area (Å²) in [6.45, 7) is 0. The quantitative estimate of drug-likeness (QED) is 0.787. The highest BCUT2D eigenvalue weighted by Crippen LogP contribution is 2.35. The number of benzene rings is 2. The van der Waals surface area contributed by atoms with Crippen LogP contribution in [0.15, 0.2) is 36.4 Å². The van der Waals surface area contributed by atoms with E-state index in [2.05, 4.69) is 5.32 Å². The molecule has 1 fully saturated rings. The van der Waals surface area contributed by atoms with Crippen LogP contribution < -0.4 is 24.3 Å². The second-order valence-electron chi connectivity index (χ2n) is 6.39. The van der Waals surface area contributed by atoms with Gasteiger partial charge in [0.05, 0.1) is 33.0 Å². The standard InChI is InChI=1S/C21H25NO5/c1-24-17-12-11-14(13-19(17)27-15-7-4-5-8-15)22-21(23)16-9-6-10-18(25-2)20(16)26-3/h6,9-13,15H,4-5,7-8H2,1-3H3,(H,22,23). The summed E-state index contributed by atoms with van der Waals surface area (Å²) in [7, 11) is 4.65. The fourth-order valence-electron chi connectivity index (χ4n) is 3.30. The number of anilines is 1. The number of carbonyl (C=O) groups excluding carboxylic acids is 1. The Balaban J connectivity index is 1.82. The number of rotatable bonds is 7. The molecular weight excluding hydrogens is 346 g/mol. The first-order valence-electron chi connectivity index (χ1n) is 9.03. The molecule has 2 aromatic rings. The zero-order valence-electron chi connectivity index (χ0n) is 15.9. The van der Waals surface area contributed by atoms with Crippen molar-refractivity contribution in [2.75, 3.05) is 26.6 Å². The molecule has 0 atom stereocenters. The van der Waals surface area contributed by atoms with Crippen molar-refractivity contribution in [3.63, 3.8) is 0 Å². The third kappa shape index (κ3) is 4.27. The summed E-state index contributed by atoms with van der Waals surface area (Å²) in [6, 6.07) is 10.6. The van der Waals surface area contributed by atoms with Crippen molar-refractivity contribution in [2.24, 2.45) is 0 Å². The normalized spacial score (nSPS) is 13.9. The van der Waals surface area contributed by atoms with Crippen molar-refractivity contribution in [3.8, 4) is 23.0 Å². The lowest BCUT2D eigenvalue weighted by atomic mass is 10.1. The highest BCUT2D eigenvalue weighted by atomic mass is 16.5. The molecule has 1 amide bonds. The van der Waals surface area contributed by atoms with Gasteiger partial charge in [-0.15, -0.1) is 0 Å². The number of methoxy groups -OCH3 is 3. The summed E-state index contributed by atoms with van der Waals surface area (Å²) in [5, 5.41) is 2.89. The molecule has 1 aliphatic rings. The van der Waals surface area contributed by atoms with Crippen LogP contribution in [0.4, 0.5) is 5.69 Å². The number of amides is 1. The maximum atomic E-state index is 12.8. The van der Waals surface area contributed by atoms with Crippen LogP contribution in [0.25, 0.3) is 0 Å². The Kier molecular flexibility index (Phi) is 6.06. The van der Waals surface area contributed by atoms with Gasteiger partial charge >= 0.3 is 0 Å². The molecule has 0 bridgehead atoms. The van der Waals surface area contributed by atoms with Gasteiger partial charge in [0.1, 0.15) is 0 Å². The van der Waals surface area contributed by atoms with Crippen LogP contribution in [-0.2, 0) is 0 Å². The Labute approximate surface area is 159 Å². The molecule has 0 saturated heterocycles. The number of carbonyl (C=O) groups is 1. The largest absolute Gasteiger partial charge is 0.493 e. The average molecular weight is 371 g/mol. The van der Waals surface area contributed by atoms with Crippen molar-refractivity contribution < 1.29 is 23.7 Å². The lowest BCUT2D eigenvalue weighted by molar-refractivity contribution is 0.102. The second-order valence-corrected chi connectivity index (χ2v) is 6.39. The summed E-state index contributed by atoms with van der Waals surface area (Å²) in [5.41, 5.74) is 1.02. The topological polar surface area (TPSA) is 66.0 Å². The maximum Gasteiger partial charge on any atom is 0.259 e. The Bertz CT molecular complexity index is 799. The van der Waals surface area contributed by atoms with Crippen molar-refractivity contribution in [1.82, 2.24) is 0 Å². The van der Waals surface area contributed by atoms with Gasteiger partial charge in [-0.05, 0) is 49.9 Å². The summed E-state index contributed by atoms with van der Waals surface area (Å²) in [6.07, 6.45) is 4.64. The van der Waals surface area contributed by atoms with Gasteiger partial charge in [-0.3, -0.25) is 4.79 Å². The van der Waals surface area contributed by atoms with Gasteiger partial charge in [0.15, 0.2) is 23.0 Å². The number of hydrogen-bond acceptors (Lipinski definition) is 5. The molecular formula is C21H25NO5. The van der Waals surface area contributed by atoms with Crippen LogP contribution in [0.2, 0.25) is 0 Å². The Hall–Kier alpha value is -2.89. The van der Waals surface area contributed by atoms with Crippen LogP contribution in [0, 0.1) is 0 Å². The zero-order valence-corrected chi connectivity index (χ0v) is 15.9. The summed E-state index contributed by atoms with van der Waals surface area (Å²) in [5.74, 6) is 1.90. The van der Waals surface area contributed by atoms with Gasteiger partial charge in [-0.1, -0.05) is 6.07 Å². The van der Waals surface area contributed by atoms with Crippen LogP contribution >= 0.6 is 0 Å². The SMILES string of the molecule is COc1ccc(NC(=O)c2cccc(OC)c2OC)cc1OC1CCCC1. The van der Waals surface area contributed by atoms with E-state index < -0.39 is 0 Å². The molecule has 1 saturated carbocycles. The van der Waals surface area contributed by atoms with E-state index in [1.54, 1.807) is 43.5 Å². The third-order valence-corrected chi connectivity index (χ3v) is 4.66. The zero-order chi connectivity index (χ0) is 19.2. The lowest BCUT2D eigenvalue weighted by Crippen LogP contribution is -2.15. The van der Waals surface area contributed by atoms with Crippen LogP contribution in [0.3, 0.4) is 0 Å². The molecule has 27 heavy (non-hydrogen) atoms. The minimum absolute atomic E-state index is 0.198. The predicted molar refractivity (Wildman–Crippen MR) is 103 cm³/mol. The van der Waals surface area contributed by atoms with Gasteiger partial charge in [-0.25, -0.2) is 0 Å². The molecule has 144 valence electrons. The van der Waals surface area contributed by atoms with Gasteiger partial charge in [0.2, 0.25) is 0 Å². The number of nitrogens with one attached hydrogen (secondary N) is 1. The molecule has 0 aromatic heterocycles. The van der Waals surface area contributed by atoms with Crippen LogP contribution in [0.1, 0.15) is 36.0 Å². The minimum atomic E-state index is -0.289. The molecule has 0 spiro atoms. The van der Waals surface area contributed by atoms with E-state index >= 15 is 0 Å². The molecule has 1 aliphatic carbocycles. The lowest BCUT2D eigenvalue weighted by Gasteiger charge is -2.17. The van der Waals surface area contributed by atoms with E-state index in [9.17, 15) is 4.79 Å². The van der Waals surface area contributed by atoms with Crippen molar-refractivity contribution in [1.29, 1.82) is 0 Å². The van der Waals surface area contributed by atoms with Gasteiger partial charge in [0, 0.05) is 11.8 Å². The first kappa shape index (κ1) is 18.9. The fourth-order valence-corrected chi connectivity index (χ4v) is 3.30. The predicted octanol–water partition coefficient (Wildman–Crippen LogP) is 4.29. The van der Waals surface area contributed by atoms with E-state index in [0.29, 0.717) is 34.2 Å². The summed E-state index contributed by atoms with van der Waals surface area (Å²) >= 11 is 0. The molecule has 0 aliphatic heterocycles. The average Bonchev–Trinajstić information content (AvgIpc) is 3.20. The van der Waals surface area contributed by atoms with Gasteiger partial charge in [-0.2, -0.15) is 0 Å². The second kappa shape index (κ2) is 8.66. The van der Waals surface area contributed by atoms with Crippen LogP contribution in [0.5, 0.6) is 23.0 Å². The highest BCUT2D eigenvalue weighted by Gasteiger charge is 2.20. The van der Waals surface area contributed by atoms with Gasteiger partial charge in [0.25, 0.3) is 5.91 Å². The summed E-state index contributed by atoms with van der Waals surface area (Å²) in [4.78, 5) is 12.8. The monoisotopic (exact) mass is 371 g/mol. The molecule has 6 nitrogen and oxygen atoms in total. The number of hydrogen-bond donors (Lipinski definition) is 1. The molecule has 3 rings (SSSR count). The van der Waals surface area contributed by atoms with Crippen molar-refractivity contribution >= 4 is 11.6 Å².